The molecule has 0 saturated heterocycles. The van der Waals surface area contributed by atoms with Gasteiger partial charge in [0.15, 0.2) is 0 Å². The Hall–Kier alpha value is 0.330. The summed E-state index contributed by atoms with van der Waals surface area (Å²) in [5.74, 6) is 0. The highest BCUT2D eigenvalue weighted by Gasteiger charge is 1.83. The molecule has 0 aliphatic carbocycles. The third-order valence-electron chi connectivity index (χ3n) is 1.46. The van der Waals surface area contributed by atoms with Crippen LogP contribution in [0.15, 0.2) is 0 Å². The maximum absolute atomic E-state index is 8.96. The molecular formula is C8H20O2S2. The molecule has 0 aromatic carbocycles. The fraction of sp³-hybridized carbons (Fsp3) is 1.00. The van der Waals surface area contributed by atoms with Crippen molar-refractivity contribution in [2.75, 3.05) is 0 Å². The quantitative estimate of drug-likeness (QED) is 0.543. The van der Waals surface area contributed by atoms with Crippen LogP contribution in [0.1, 0.15) is 52.4 Å². The first kappa shape index (κ1) is 14.8. The van der Waals surface area contributed by atoms with Crippen molar-refractivity contribution >= 4 is 20.8 Å². The molecule has 0 aromatic heterocycles. The maximum Gasteiger partial charge on any atom is 0.130 e. The van der Waals surface area contributed by atoms with Crippen LogP contribution in [0.3, 0.4) is 0 Å². The van der Waals surface area contributed by atoms with Crippen LogP contribution in [-0.2, 0) is 20.8 Å². The second-order valence-electron chi connectivity index (χ2n) is 2.65. The van der Waals surface area contributed by atoms with Gasteiger partial charge in [-0.3, -0.25) is 0 Å². The van der Waals surface area contributed by atoms with Gasteiger partial charge in [-0.05, 0) is 0 Å². The van der Waals surface area contributed by atoms with Crippen LogP contribution in [0, 0.1) is 0 Å². The second kappa shape index (κ2) is 13.9. The van der Waals surface area contributed by atoms with E-state index in [0.29, 0.717) is 0 Å². The number of hydrogen-bond acceptors (Lipinski definition) is 2. The molecule has 0 spiro atoms. The fourth-order valence-electron chi connectivity index (χ4n) is 0.854. The van der Waals surface area contributed by atoms with Crippen LogP contribution in [0.25, 0.3) is 0 Å². The van der Waals surface area contributed by atoms with Crippen molar-refractivity contribution in [3.05, 3.63) is 0 Å². The topological polar surface area (TPSA) is 37.3 Å². The van der Waals surface area contributed by atoms with E-state index in [9.17, 15) is 0 Å². The number of unbranched alkanes of at least 4 members (excludes halogenated alkanes) is 5. The molecule has 0 aromatic rings. The first-order chi connectivity index (χ1) is 5.65. The van der Waals surface area contributed by atoms with Crippen LogP contribution in [0.2, 0.25) is 0 Å². The molecule has 1 N–H and O–H groups in total. The highest BCUT2D eigenvalue weighted by Crippen LogP contribution is 2.03. The van der Waals surface area contributed by atoms with Gasteiger partial charge >= 0.3 is 0 Å². The van der Waals surface area contributed by atoms with Crippen LogP contribution < -0.4 is 0 Å². The standard InChI is InChI=1S/C8H18.H2O2S2/c1-3-5-7-8-6-4-2;1-4(2)3/h3-8H2,1-2H3;4H,(H,1,2,3). The lowest BCUT2D eigenvalue weighted by Crippen LogP contribution is -1.73. The Morgan fingerprint density at radius 3 is 1.50 bits per heavy atom. The lowest BCUT2D eigenvalue weighted by Gasteiger charge is -1.93. The van der Waals surface area contributed by atoms with Crippen molar-refractivity contribution < 1.29 is 8.76 Å². The summed E-state index contributed by atoms with van der Waals surface area (Å²) < 4.78 is 16.3. The van der Waals surface area contributed by atoms with Crippen LogP contribution in [-0.4, -0.2) is 8.76 Å². The zero-order valence-electron chi connectivity index (χ0n) is 7.95. The summed E-state index contributed by atoms with van der Waals surface area (Å²) in [4.78, 5) is 0. The summed E-state index contributed by atoms with van der Waals surface area (Å²) in [5, 5.41) is 0. The summed E-state index contributed by atoms with van der Waals surface area (Å²) in [6, 6.07) is 0. The fourth-order valence-corrected chi connectivity index (χ4v) is 0.854. The Morgan fingerprint density at radius 2 is 1.33 bits per heavy atom. The van der Waals surface area contributed by atoms with Crippen LogP contribution in [0.4, 0.5) is 0 Å². The minimum Gasteiger partial charge on any atom is -0.308 e. The molecule has 4 heteroatoms. The van der Waals surface area contributed by atoms with Crippen LogP contribution in [0.5, 0.6) is 0 Å². The molecule has 0 fully saturated rings. The summed E-state index contributed by atoms with van der Waals surface area (Å²) in [6.07, 6.45) is 8.49. The second-order valence-corrected chi connectivity index (χ2v) is 4.06. The van der Waals surface area contributed by atoms with E-state index < -0.39 is 9.64 Å². The molecule has 0 radical (unpaired) electrons. The lowest BCUT2D eigenvalue weighted by molar-refractivity contribution is 0.583. The molecule has 0 saturated carbocycles. The third kappa shape index (κ3) is 31.7. The minimum atomic E-state index is -2.29. The normalized spacial score (nSPS) is 11.6. The molecule has 0 aliphatic rings. The van der Waals surface area contributed by atoms with Crippen molar-refractivity contribution in [2.24, 2.45) is 0 Å². The van der Waals surface area contributed by atoms with Gasteiger partial charge in [0.05, 0.1) is 0 Å². The van der Waals surface area contributed by atoms with Gasteiger partial charge in [0.25, 0.3) is 0 Å². The first-order valence-corrected chi connectivity index (χ1v) is 6.71. The first-order valence-electron chi connectivity index (χ1n) is 4.48. The largest absolute Gasteiger partial charge is 0.308 e. The van der Waals surface area contributed by atoms with Gasteiger partial charge in [0, 0.05) is 11.2 Å². The van der Waals surface area contributed by atoms with E-state index in [1.165, 1.54) is 38.5 Å². The average Bonchev–Trinajstić information content (AvgIpc) is 1.97. The molecule has 0 aliphatic heterocycles. The Bertz CT molecular complexity index is 119. The molecule has 1 unspecified atom stereocenters. The highest BCUT2D eigenvalue weighted by molar-refractivity contribution is 8.18. The molecule has 76 valence electrons. The summed E-state index contributed by atoms with van der Waals surface area (Å²) in [6.45, 7) is 4.51. The Balaban J connectivity index is 0. The van der Waals surface area contributed by atoms with E-state index in [1.54, 1.807) is 0 Å². The van der Waals surface area contributed by atoms with Gasteiger partial charge in [-0.1, -0.05) is 52.4 Å². The SMILES string of the molecule is CCCCCCCC.O=[SH](O)=S. The zero-order chi connectivity index (χ0) is 9.82. The van der Waals surface area contributed by atoms with E-state index in [4.69, 9.17) is 8.76 Å². The zero-order valence-corrected chi connectivity index (χ0v) is 9.66. The van der Waals surface area contributed by atoms with Gasteiger partial charge in [0.2, 0.25) is 0 Å². The molecule has 0 bridgehead atoms. The van der Waals surface area contributed by atoms with Crippen molar-refractivity contribution in [1.29, 1.82) is 0 Å². The molecule has 0 heterocycles. The van der Waals surface area contributed by atoms with Gasteiger partial charge in [-0.2, -0.15) is 0 Å². The Morgan fingerprint density at radius 1 is 1.08 bits per heavy atom. The molecule has 12 heavy (non-hydrogen) atoms. The van der Waals surface area contributed by atoms with Gasteiger partial charge < -0.3 is 4.55 Å². The van der Waals surface area contributed by atoms with Crippen molar-refractivity contribution in [2.45, 2.75) is 52.4 Å². The highest BCUT2D eigenvalue weighted by atomic mass is 32.8. The molecule has 1 atom stereocenters. The van der Waals surface area contributed by atoms with Crippen LogP contribution >= 0.6 is 0 Å². The van der Waals surface area contributed by atoms with Gasteiger partial charge in [-0.25, -0.2) is 4.21 Å². The monoisotopic (exact) mass is 212 g/mol. The smallest absolute Gasteiger partial charge is 0.130 e. The van der Waals surface area contributed by atoms with E-state index in [2.05, 4.69) is 25.0 Å². The Labute approximate surface area is 82.3 Å². The van der Waals surface area contributed by atoms with Crippen molar-refractivity contribution in [3.8, 4) is 0 Å². The predicted molar refractivity (Wildman–Crippen MR) is 58.6 cm³/mol. The molecule has 0 rings (SSSR count). The van der Waals surface area contributed by atoms with Crippen molar-refractivity contribution in [1.82, 2.24) is 0 Å². The summed E-state index contributed by atoms with van der Waals surface area (Å²) in [7, 11) is -2.29. The van der Waals surface area contributed by atoms with Crippen molar-refractivity contribution in [3.63, 3.8) is 0 Å². The molecule has 2 nitrogen and oxygen atoms in total. The minimum absolute atomic E-state index is 1.36. The summed E-state index contributed by atoms with van der Waals surface area (Å²) in [5.41, 5.74) is 0. The van der Waals surface area contributed by atoms with E-state index in [-0.39, 0.29) is 0 Å². The molecule has 0 amide bonds. The number of hydrogen-bond donors (Lipinski definition) is 2. The third-order valence-corrected chi connectivity index (χ3v) is 1.46. The average molecular weight is 212 g/mol. The number of thiol groups is 1. The predicted octanol–water partition coefficient (Wildman–Crippen LogP) is 2.77. The summed E-state index contributed by atoms with van der Waals surface area (Å²) >= 11 is 3.69. The number of rotatable bonds is 5. The van der Waals surface area contributed by atoms with Gasteiger partial charge in [0.1, 0.15) is 9.64 Å². The lowest BCUT2D eigenvalue weighted by atomic mass is 10.1. The van der Waals surface area contributed by atoms with E-state index >= 15 is 0 Å². The Kier molecular flexibility index (Phi) is 17.2. The van der Waals surface area contributed by atoms with Gasteiger partial charge in [-0.15, -0.1) is 0 Å². The molecular weight excluding hydrogens is 192 g/mol. The van der Waals surface area contributed by atoms with E-state index in [0.717, 1.165) is 0 Å². The maximum atomic E-state index is 8.96. The van der Waals surface area contributed by atoms with E-state index in [1.807, 2.05) is 0 Å².